The molecule has 0 aromatic heterocycles. The molecule has 0 saturated heterocycles. The summed E-state index contributed by atoms with van der Waals surface area (Å²) in [4.78, 5) is 0.688. The highest BCUT2D eigenvalue weighted by molar-refractivity contribution is 14.1. The van der Waals surface area contributed by atoms with Crippen LogP contribution in [-0.2, 0) is 0 Å². The molecule has 2 atom stereocenters. The first-order chi connectivity index (χ1) is 3.30. The topological polar surface area (TPSA) is 0 Å². The summed E-state index contributed by atoms with van der Waals surface area (Å²) in [6.07, 6.45) is 4.98. The van der Waals surface area contributed by atoms with Crippen molar-refractivity contribution >= 4 is 38.5 Å². The number of halogens is 2. The number of hydrogen-bond donors (Lipinski definition) is 0. The highest BCUT2D eigenvalue weighted by atomic mass is 127. The predicted octanol–water partition coefficient (Wildman–Crippen LogP) is 2.55. The Hall–Kier alpha value is 1.21. The first kappa shape index (κ1) is 6.33. The summed E-state index contributed by atoms with van der Waals surface area (Å²) in [6, 6.07) is 0. The van der Waals surface area contributed by atoms with Gasteiger partial charge in [-0.1, -0.05) is 38.5 Å². The molecular weight excluding hydrogens is 267 g/mol. The van der Waals surface area contributed by atoms with Gasteiger partial charge in [0.05, 0.1) is 0 Å². The van der Waals surface area contributed by atoms with E-state index in [0.29, 0.717) is 4.83 Å². The molecule has 2 unspecified atom stereocenters. The molecule has 1 saturated carbocycles. The fourth-order valence-corrected chi connectivity index (χ4v) is 1.90. The molecule has 1 fully saturated rings. The Morgan fingerprint density at radius 2 is 2.43 bits per heavy atom. The van der Waals surface area contributed by atoms with Crippen LogP contribution in [0.2, 0.25) is 0 Å². The van der Waals surface area contributed by atoms with Gasteiger partial charge in [0.1, 0.15) is 0 Å². The summed E-state index contributed by atoms with van der Waals surface area (Å²) < 4.78 is 0.845. The normalized spacial score (nSPS) is 42.0. The Bertz CT molecular complexity index is 57.1. The van der Waals surface area contributed by atoms with Crippen molar-refractivity contribution in [1.82, 2.24) is 0 Å². The average Bonchev–Trinajstić information content (AvgIpc) is 1.91. The fraction of sp³-hybridized carbons (Fsp3) is 0.800. The molecule has 7 heavy (non-hydrogen) atoms. The van der Waals surface area contributed by atoms with Gasteiger partial charge in [-0.05, 0) is 19.3 Å². The van der Waals surface area contributed by atoms with Crippen molar-refractivity contribution in [2.45, 2.75) is 21.6 Å². The minimum Gasteiger partial charge on any atom is -0.0876 e. The Labute approximate surface area is 66.3 Å². The zero-order valence-corrected chi connectivity index (χ0v) is 7.65. The van der Waals surface area contributed by atoms with Crippen molar-refractivity contribution < 1.29 is 0 Å². The maximum absolute atomic E-state index is 3.54. The van der Waals surface area contributed by atoms with Gasteiger partial charge in [0.25, 0.3) is 0 Å². The monoisotopic (exact) mass is 273 g/mol. The largest absolute Gasteiger partial charge is 0.0876 e. The summed E-state index contributed by atoms with van der Waals surface area (Å²) in [6.45, 7) is 0. The molecule has 0 aliphatic heterocycles. The standard InChI is InChI=1S/C5H7BrI/c6-4-2-1-3-5(4)7/h2,4-5H,1,3H2. The van der Waals surface area contributed by atoms with E-state index in [-0.39, 0.29) is 0 Å². The molecule has 0 bridgehead atoms. The number of alkyl halides is 2. The summed E-state index contributed by atoms with van der Waals surface area (Å²) in [7, 11) is 0. The molecule has 2 heteroatoms. The SMILES string of the molecule is BrC1[CH]CCC1I. The van der Waals surface area contributed by atoms with Crippen LogP contribution in [0, 0.1) is 6.42 Å². The highest BCUT2D eigenvalue weighted by Gasteiger charge is 2.21. The molecular formula is C5H7BrI. The van der Waals surface area contributed by atoms with Gasteiger partial charge < -0.3 is 0 Å². The van der Waals surface area contributed by atoms with Gasteiger partial charge >= 0.3 is 0 Å². The molecule has 1 aliphatic rings. The van der Waals surface area contributed by atoms with Gasteiger partial charge in [-0.2, -0.15) is 0 Å². The molecule has 0 heterocycles. The van der Waals surface area contributed by atoms with Gasteiger partial charge in [0.2, 0.25) is 0 Å². The lowest BCUT2D eigenvalue weighted by atomic mass is 10.4. The third-order valence-corrected chi connectivity index (χ3v) is 4.58. The van der Waals surface area contributed by atoms with E-state index in [1.165, 1.54) is 12.8 Å². The maximum atomic E-state index is 3.54. The Morgan fingerprint density at radius 1 is 1.71 bits per heavy atom. The highest BCUT2D eigenvalue weighted by Crippen LogP contribution is 2.30. The molecule has 0 aromatic carbocycles. The van der Waals surface area contributed by atoms with Crippen molar-refractivity contribution in [2.75, 3.05) is 0 Å². The minimum atomic E-state index is 0.688. The lowest BCUT2D eigenvalue weighted by molar-refractivity contribution is 0.946. The second-order valence-electron chi connectivity index (χ2n) is 1.77. The fourth-order valence-electron chi connectivity index (χ4n) is 0.722. The van der Waals surface area contributed by atoms with E-state index in [1.807, 2.05) is 0 Å². The van der Waals surface area contributed by atoms with Gasteiger partial charge in [0, 0.05) is 8.75 Å². The quantitative estimate of drug-likeness (QED) is 0.470. The Balaban J connectivity index is 2.33. The van der Waals surface area contributed by atoms with Gasteiger partial charge in [-0.25, -0.2) is 0 Å². The predicted molar refractivity (Wildman–Crippen MR) is 44.1 cm³/mol. The van der Waals surface area contributed by atoms with Crippen molar-refractivity contribution in [3.63, 3.8) is 0 Å². The lowest BCUT2D eigenvalue weighted by Gasteiger charge is -2.00. The van der Waals surface area contributed by atoms with Crippen LogP contribution < -0.4 is 0 Å². The van der Waals surface area contributed by atoms with Crippen LogP contribution in [0.4, 0.5) is 0 Å². The van der Waals surface area contributed by atoms with E-state index in [4.69, 9.17) is 0 Å². The Kier molecular flexibility index (Phi) is 2.41. The summed E-state index contributed by atoms with van der Waals surface area (Å²) in [5.41, 5.74) is 0. The molecule has 1 rings (SSSR count). The second-order valence-corrected chi connectivity index (χ2v) is 4.43. The smallest absolute Gasteiger partial charge is 0.0294 e. The van der Waals surface area contributed by atoms with E-state index in [2.05, 4.69) is 44.9 Å². The first-order valence-electron chi connectivity index (χ1n) is 2.42. The van der Waals surface area contributed by atoms with Crippen molar-refractivity contribution in [3.05, 3.63) is 6.42 Å². The first-order valence-corrected chi connectivity index (χ1v) is 4.58. The van der Waals surface area contributed by atoms with Crippen molar-refractivity contribution in [1.29, 1.82) is 0 Å². The maximum Gasteiger partial charge on any atom is 0.0294 e. The molecule has 0 amide bonds. The van der Waals surface area contributed by atoms with Crippen LogP contribution in [-0.4, -0.2) is 8.75 Å². The number of rotatable bonds is 0. The molecule has 0 aromatic rings. The van der Waals surface area contributed by atoms with Crippen LogP contribution in [0.3, 0.4) is 0 Å². The molecule has 0 spiro atoms. The zero-order valence-electron chi connectivity index (χ0n) is 3.90. The minimum absolute atomic E-state index is 0.688. The van der Waals surface area contributed by atoms with Crippen molar-refractivity contribution in [2.24, 2.45) is 0 Å². The third-order valence-electron chi connectivity index (χ3n) is 1.18. The van der Waals surface area contributed by atoms with Crippen molar-refractivity contribution in [3.8, 4) is 0 Å². The molecule has 0 N–H and O–H groups in total. The van der Waals surface area contributed by atoms with E-state index in [1.54, 1.807) is 0 Å². The molecule has 0 nitrogen and oxygen atoms in total. The van der Waals surface area contributed by atoms with Crippen LogP contribution in [0.25, 0.3) is 0 Å². The Morgan fingerprint density at radius 3 is 2.57 bits per heavy atom. The van der Waals surface area contributed by atoms with E-state index in [0.717, 1.165) is 3.92 Å². The van der Waals surface area contributed by atoms with E-state index in [9.17, 15) is 0 Å². The van der Waals surface area contributed by atoms with Crippen LogP contribution in [0.15, 0.2) is 0 Å². The third kappa shape index (κ3) is 1.56. The average molecular weight is 274 g/mol. The van der Waals surface area contributed by atoms with E-state index < -0.39 is 0 Å². The number of hydrogen-bond acceptors (Lipinski definition) is 0. The van der Waals surface area contributed by atoms with Gasteiger partial charge in [0.15, 0.2) is 0 Å². The van der Waals surface area contributed by atoms with E-state index >= 15 is 0 Å². The van der Waals surface area contributed by atoms with Crippen LogP contribution >= 0.6 is 38.5 Å². The molecule has 1 aliphatic carbocycles. The zero-order chi connectivity index (χ0) is 5.28. The van der Waals surface area contributed by atoms with Crippen LogP contribution in [0.5, 0.6) is 0 Å². The summed E-state index contributed by atoms with van der Waals surface area (Å²) in [5, 5.41) is 0. The summed E-state index contributed by atoms with van der Waals surface area (Å²) >= 11 is 6.02. The van der Waals surface area contributed by atoms with Crippen LogP contribution in [0.1, 0.15) is 12.8 Å². The van der Waals surface area contributed by atoms with Gasteiger partial charge in [-0.15, -0.1) is 0 Å². The van der Waals surface area contributed by atoms with Gasteiger partial charge in [-0.3, -0.25) is 0 Å². The lowest BCUT2D eigenvalue weighted by Crippen LogP contribution is -2.02. The second kappa shape index (κ2) is 2.67. The summed E-state index contributed by atoms with van der Waals surface area (Å²) in [5.74, 6) is 0. The molecule has 41 valence electrons. The molecule has 1 radical (unpaired) electrons.